The van der Waals surface area contributed by atoms with Gasteiger partial charge in [-0.1, -0.05) is 13.3 Å². The standard InChI is InChI=1S/C10H19N/c1-3-8-4-5-9-6-7-10(8)11(9)2/h8-10H,3-7H2,1-2H3/t8-,9-,10-/m1/s1. The van der Waals surface area contributed by atoms with Crippen molar-refractivity contribution in [2.45, 2.75) is 51.1 Å². The highest BCUT2D eigenvalue weighted by Crippen LogP contribution is 2.38. The average Bonchev–Trinajstić information content (AvgIpc) is 2.31. The number of hydrogen-bond acceptors (Lipinski definition) is 1. The minimum atomic E-state index is 0.943. The molecule has 11 heavy (non-hydrogen) atoms. The predicted molar refractivity (Wildman–Crippen MR) is 47.6 cm³/mol. The lowest BCUT2D eigenvalue weighted by Crippen LogP contribution is -2.41. The second-order valence-corrected chi connectivity index (χ2v) is 4.21. The summed E-state index contributed by atoms with van der Waals surface area (Å²) in [6.07, 6.45) is 7.29. The van der Waals surface area contributed by atoms with E-state index in [2.05, 4.69) is 18.9 Å². The van der Waals surface area contributed by atoms with Gasteiger partial charge in [0, 0.05) is 12.1 Å². The summed E-state index contributed by atoms with van der Waals surface area (Å²) in [5.41, 5.74) is 0. The number of fused-ring (bicyclic) bond motifs is 2. The Kier molecular flexibility index (Phi) is 1.92. The first-order valence-electron chi connectivity index (χ1n) is 5.05. The molecule has 0 aromatic carbocycles. The molecule has 0 spiro atoms. The quantitative estimate of drug-likeness (QED) is 0.558. The Morgan fingerprint density at radius 1 is 1.18 bits per heavy atom. The van der Waals surface area contributed by atoms with Gasteiger partial charge in [0.05, 0.1) is 0 Å². The van der Waals surface area contributed by atoms with Crippen LogP contribution in [0, 0.1) is 5.92 Å². The third kappa shape index (κ3) is 1.10. The van der Waals surface area contributed by atoms with Gasteiger partial charge in [0.25, 0.3) is 0 Å². The largest absolute Gasteiger partial charge is 0.300 e. The molecule has 0 amide bonds. The van der Waals surface area contributed by atoms with Gasteiger partial charge in [-0.3, -0.25) is 0 Å². The molecule has 2 rings (SSSR count). The molecule has 0 aliphatic carbocycles. The van der Waals surface area contributed by atoms with Crippen LogP contribution >= 0.6 is 0 Å². The lowest BCUT2D eigenvalue weighted by molar-refractivity contribution is 0.118. The van der Waals surface area contributed by atoms with Gasteiger partial charge in [-0.05, 0) is 38.6 Å². The number of nitrogens with zero attached hydrogens (tertiary/aromatic N) is 1. The van der Waals surface area contributed by atoms with E-state index in [4.69, 9.17) is 0 Å². The van der Waals surface area contributed by atoms with Crippen LogP contribution in [0.1, 0.15) is 39.0 Å². The van der Waals surface area contributed by atoms with E-state index in [1.54, 1.807) is 0 Å². The van der Waals surface area contributed by atoms with Crippen molar-refractivity contribution in [3.05, 3.63) is 0 Å². The zero-order valence-corrected chi connectivity index (χ0v) is 7.71. The zero-order valence-electron chi connectivity index (χ0n) is 7.71. The third-order valence-corrected chi connectivity index (χ3v) is 3.83. The van der Waals surface area contributed by atoms with Crippen molar-refractivity contribution in [2.24, 2.45) is 5.92 Å². The van der Waals surface area contributed by atoms with Gasteiger partial charge in [-0.2, -0.15) is 0 Å². The second kappa shape index (κ2) is 2.78. The minimum Gasteiger partial charge on any atom is -0.300 e. The van der Waals surface area contributed by atoms with E-state index in [9.17, 15) is 0 Å². The maximum absolute atomic E-state index is 2.64. The molecule has 2 fully saturated rings. The molecular formula is C10H19N. The van der Waals surface area contributed by atoms with Crippen molar-refractivity contribution in [1.29, 1.82) is 0 Å². The maximum Gasteiger partial charge on any atom is 0.0124 e. The van der Waals surface area contributed by atoms with Gasteiger partial charge in [-0.25, -0.2) is 0 Å². The van der Waals surface area contributed by atoms with Gasteiger partial charge >= 0.3 is 0 Å². The zero-order chi connectivity index (χ0) is 7.84. The molecule has 3 atom stereocenters. The molecular weight excluding hydrogens is 134 g/mol. The summed E-state index contributed by atoms with van der Waals surface area (Å²) in [4.78, 5) is 2.64. The Hall–Kier alpha value is -0.0400. The molecule has 1 nitrogen and oxygen atoms in total. The first kappa shape index (κ1) is 7.60. The fourth-order valence-corrected chi connectivity index (χ4v) is 3.03. The van der Waals surface area contributed by atoms with Crippen molar-refractivity contribution >= 4 is 0 Å². The van der Waals surface area contributed by atoms with E-state index in [1.807, 2.05) is 0 Å². The molecule has 2 aliphatic heterocycles. The van der Waals surface area contributed by atoms with E-state index >= 15 is 0 Å². The van der Waals surface area contributed by atoms with E-state index in [0.717, 1.165) is 18.0 Å². The molecule has 2 saturated heterocycles. The SMILES string of the molecule is CC[C@@H]1CC[C@@H]2CC[C@H]1N2C. The topological polar surface area (TPSA) is 3.24 Å². The minimum absolute atomic E-state index is 0.943. The molecule has 0 aromatic rings. The van der Waals surface area contributed by atoms with E-state index in [-0.39, 0.29) is 0 Å². The van der Waals surface area contributed by atoms with E-state index in [1.165, 1.54) is 32.1 Å². The van der Waals surface area contributed by atoms with Crippen LogP contribution in [0.3, 0.4) is 0 Å². The van der Waals surface area contributed by atoms with Gasteiger partial charge in [0.15, 0.2) is 0 Å². The molecule has 2 bridgehead atoms. The van der Waals surface area contributed by atoms with Crippen LogP contribution in [0.4, 0.5) is 0 Å². The average molecular weight is 153 g/mol. The summed E-state index contributed by atoms with van der Waals surface area (Å²) in [6, 6.07) is 1.89. The summed E-state index contributed by atoms with van der Waals surface area (Å²) in [7, 11) is 2.32. The Morgan fingerprint density at radius 3 is 2.64 bits per heavy atom. The molecule has 0 N–H and O–H groups in total. The van der Waals surface area contributed by atoms with Crippen molar-refractivity contribution in [1.82, 2.24) is 4.90 Å². The van der Waals surface area contributed by atoms with Gasteiger partial charge < -0.3 is 4.90 Å². The van der Waals surface area contributed by atoms with Gasteiger partial charge in [0.2, 0.25) is 0 Å². The second-order valence-electron chi connectivity index (χ2n) is 4.21. The fourth-order valence-electron chi connectivity index (χ4n) is 3.03. The summed E-state index contributed by atoms with van der Waals surface area (Å²) >= 11 is 0. The third-order valence-electron chi connectivity index (χ3n) is 3.83. The first-order chi connectivity index (χ1) is 5.33. The van der Waals surface area contributed by atoms with E-state index < -0.39 is 0 Å². The summed E-state index contributed by atoms with van der Waals surface area (Å²) < 4.78 is 0. The molecule has 2 heterocycles. The smallest absolute Gasteiger partial charge is 0.0124 e. The van der Waals surface area contributed by atoms with Crippen LogP contribution in [-0.4, -0.2) is 24.0 Å². The number of rotatable bonds is 1. The fraction of sp³-hybridized carbons (Fsp3) is 1.00. The first-order valence-corrected chi connectivity index (χ1v) is 5.05. The van der Waals surface area contributed by atoms with Gasteiger partial charge in [0.1, 0.15) is 0 Å². The van der Waals surface area contributed by atoms with Crippen molar-refractivity contribution < 1.29 is 0 Å². The summed E-state index contributed by atoms with van der Waals surface area (Å²) in [6.45, 7) is 2.34. The highest BCUT2D eigenvalue weighted by Gasteiger charge is 2.38. The maximum atomic E-state index is 2.64. The van der Waals surface area contributed by atoms with E-state index in [0.29, 0.717) is 0 Å². The Bertz CT molecular complexity index is 144. The Labute approximate surface area is 69.8 Å². The molecule has 2 aliphatic rings. The number of hydrogen-bond donors (Lipinski definition) is 0. The van der Waals surface area contributed by atoms with Crippen LogP contribution in [0.15, 0.2) is 0 Å². The van der Waals surface area contributed by atoms with Crippen molar-refractivity contribution in [3.63, 3.8) is 0 Å². The number of piperidine rings is 1. The molecule has 0 aromatic heterocycles. The normalized spacial score (nSPS) is 44.7. The lowest BCUT2D eigenvalue weighted by atomic mass is 9.89. The highest BCUT2D eigenvalue weighted by molar-refractivity contribution is 4.93. The van der Waals surface area contributed by atoms with Crippen LogP contribution < -0.4 is 0 Å². The van der Waals surface area contributed by atoms with Gasteiger partial charge in [-0.15, -0.1) is 0 Å². The molecule has 1 heteroatoms. The molecule has 0 saturated carbocycles. The predicted octanol–water partition coefficient (Wildman–Crippen LogP) is 2.27. The lowest BCUT2D eigenvalue weighted by Gasteiger charge is -2.37. The summed E-state index contributed by atoms with van der Waals surface area (Å²) in [5, 5.41) is 0. The molecule has 0 radical (unpaired) electrons. The highest BCUT2D eigenvalue weighted by atomic mass is 15.2. The van der Waals surface area contributed by atoms with Crippen LogP contribution in [0.25, 0.3) is 0 Å². The van der Waals surface area contributed by atoms with Crippen molar-refractivity contribution in [2.75, 3.05) is 7.05 Å². The van der Waals surface area contributed by atoms with Crippen LogP contribution in [-0.2, 0) is 0 Å². The van der Waals surface area contributed by atoms with Crippen molar-refractivity contribution in [3.8, 4) is 0 Å². The Morgan fingerprint density at radius 2 is 1.91 bits per heavy atom. The van der Waals surface area contributed by atoms with Crippen LogP contribution in [0.2, 0.25) is 0 Å². The monoisotopic (exact) mass is 153 g/mol. The molecule has 64 valence electrons. The Balaban J connectivity index is 2.08. The molecule has 0 unspecified atom stereocenters. The van der Waals surface area contributed by atoms with Crippen LogP contribution in [0.5, 0.6) is 0 Å². The summed E-state index contributed by atoms with van der Waals surface area (Å²) in [5.74, 6) is 1.01.